The van der Waals surface area contributed by atoms with Gasteiger partial charge in [-0.1, -0.05) is 0 Å². The topological polar surface area (TPSA) is 54.3 Å². The molecular weight excluding hydrogens is 280 g/mol. The Morgan fingerprint density at radius 2 is 1.68 bits per heavy atom. The first-order chi connectivity index (χ1) is 9.18. The van der Waals surface area contributed by atoms with Crippen LogP contribution in [-0.2, 0) is 0 Å². The molecule has 1 N–H and O–H groups in total. The largest absolute Gasteiger partial charge is 0.497 e. The molecule has 1 aromatic carbocycles. The molecule has 0 atom stereocenters. The highest BCUT2D eigenvalue weighted by Gasteiger charge is 2.07. The van der Waals surface area contributed by atoms with Gasteiger partial charge >= 0.3 is 0 Å². The summed E-state index contributed by atoms with van der Waals surface area (Å²) >= 11 is 2.91. The SMILES string of the molecule is COc1cc(NC(SC)=C(C#N)SC)cc(OC)c1. The number of anilines is 1. The number of nitriles is 1. The molecule has 19 heavy (non-hydrogen) atoms. The van der Waals surface area contributed by atoms with Gasteiger partial charge in [0.05, 0.1) is 19.2 Å². The Kier molecular flexibility index (Phi) is 6.46. The molecule has 0 aliphatic heterocycles. The van der Waals surface area contributed by atoms with Crippen LogP contribution in [0.4, 0.5) is 5.69 Å². The van der Waals surface area contributed by atoms with Crippen LogP contribution in [-0.4, -0.2) is 26.7 Å². The van der Waals surface area contributed by atoms with Gasteiger partial charge in [0.25, 0.3) is 0 Å². The summed E-state index contributed by atoms with van der Waals surface area (Å²) in [5.41, 5.74) is 0.822. The van der Waals surface area contributed by atoms with Crippen LogP contribution >= 0.6 is 23.5 Å². The van der Waals surface area contributed by atoms with E-state index in [1.807, 2.05) is 24.6 Å². The van der Waals surface area contributed by atoms with Crippen LogP contribution in [0.15, 0.2) is 28.1 Å². The van der Waals surface area contributed by atoms with E-state index < -0.39 is 0 Å². The summed E-state index contributed by atoms with van der Waals surface area (Å²) in [5, 5.41) is 13.1. The van der Waals surface area contributed by atoms with Crippen LogP contribution in [0.25, 0.3) is 0 Å². The lowest BCUT2D eigenvalue weighted by atomic mass is 10.3. The van der Waals surface area contributed by atoms with Gasteiger partial charge < -0.3 is 14.8 Å². The van der Waals surface area contributed by atoms with Gasteiger partial charge in [-0.2, -0.15) is 5.26 Å². The van der Waals surface area contributed by atoms with Gasteiger partial charge in [0, 0.05) is 23.9 Å². The number of hydrogen-bond acceptors (Lipinski definition) is 6. The van der Waals surface area contributed by atoms with E-state index in [2.05, 4.69) is 11.4 Å². The van der Waals surface area contributed by atoms with Crippen molar-refractivity contribution in [1.29, 1.82) is 5.26 Å². The van der Waals surface area contributed by atoms with Crippen molar-refractivity contribution in [3.63, 3.8) is 0 Å². The van der Waals surface area contributed by atoms with Gasteiger partial charge in [0.1, 0.15) is 22.5 Å². The van der Waals surface area contributed by atoms with Crippen LogP contribution in [0.1, 0.15) is 0 Å². The molecular formula is C13H16N2O2S2. The van der Waals surface area contributed by atoms with Gasteiger partial charge in [-0.15, -0.1) is 23.5 Å². The third kappa shape index (κ3) is 4.30. The second-order valence-corrected chi connectivity index (χ2v) is 5.04. The van der Waals surface area contributed by atoms with E-state index in [0.717, 1.165) is 10.7 Å². The molecule has 0 aromatic heterocycles. The first-order valence-corrected chi connectivity index (χ1v) is 7.85. The zero-order valence-corrected chi connectivity index (χ0v) is 12.9. The Hall–Kier alpha value is -1.45. The maximum absolute atomic E-state index is 9.08. The third-order valence-electron chi connectivity index (χ3n) is 2.33. The molecule has 4 nitrogen and oxygen atoms in total. The number of thioether (sulfide) groups is 2. The van der Waals surface area contributed by atoms with Crippen LogP contribution in [0, 0.1) is 11.3 Å². The Bertz CT molecular complexity index is 488. The average molecular weight is 296 g/mol. The Morgan fingerprint density at radius 1 is 1.11 bits per heavy atom. The number of allylic oxidation sites excluding steroid dienone is 1. The number of ether oxygens (including phenoxy) is 2. The van der Waals surface area contributed by atoms with Crippen molar-refractivity contribution in [3.8, 4) is 17.6 Å². The zero-order valence-electron chi connectivity index (χ0n) is 11.3. The maximum atomic E-state index is 9.08. The van der Waals surface area contributed by atoms with Crippen LogP contribution in [0.5, 0.6) is 11.5 Å². The summed E-state index contributed by atoms with van der Waals surface area (Å²) in [4.78, 5) is 0.647. The van der Waals surface area contributed by atoms with E-state index in [1.165, 1.54) is 23.5 Å². The fourth-order valence-corrected chi connectivity index (χ4v) is 2.68. The average Bonchev–Trinajstić information content (AvgIpc) is 2.46. The summed E-state index contributed by atoms with van der Waals surface area (Å²) in [6.07, 6.45) is 3.80. The van der Waals surface area contributed by atoms with E-state index in [9.17, 15) is 0 Å². The van der Waals surface area contributed by atoms with Gasteiger partial charge in [-0.25, -0.2) is 0 Å². The maximum Gasteiger partial charge on any atom is 0.124 e. The first kappa shape index (κ1) is 15.6. The lowest BCUT2D eigenvalue weighted by Gasteiger charge is -2.12. The summed E-state index contributed by atoms with van der Waals surface area (Å²) in [5.74, 6) is 1.40. The number of nitrogens with zero attached hydrogens (tertiary/aromatic N) is 1. The predicted molar refractivity (Wildman–Crippen MR) is 82.8 cm³/mol. The standard InChI is InChI=1S/C13H16N2O2S2/c1-16-10-5-9(6-11(7-10)17-2)15-13(19-4)12(8-14)18-3/h5-7,15H,1-4H3. The summed E-state index contributed by atoms with van der Waals surface area (Å²) in [6.45, 7) is 0. The Labute approximate surface area is 122 Å². The minimum atomic E-state index is 0.647. The highest BCUT2D eigenvalue weighted by molar-refractivity contribution is 8.06. The van der Waals surface area contributed by atoms with Gasteiger partial charge in [0.2, 0.25) is 0 Å². The normalized spacial score (nSPS) is 11.3. The second-order valence-electron chi connectivity index (χ2n) is 3.40. The highest BCUT2D eigenvalue weighted by atomic mass is 32.2. The molecule has 0 unspecified atom stereocenters. The number of nitrogens with one attached hydrogen (secondary N) is 1. The molecule has 0 amide bonds. The van der Waals surface area contributed by atoms with Crippen LogP contribution in [0.3, 0.4) is 0 Å². The van der Waals surface area contributed by atoms with Crippen LogP contribution < -0.4 is 14.8 Å². The van der Waals surface area contributed by atoms with Gasteiger partial charge in [0.15, 0.2) is 0 Å². The van der Waals surface area contributed by atoms with Gasteiger partial charge in [-0.05, 0) is 12.5 Å². The molecule has 0 bridgehead atoms. The third-order valence-corrected chi connectivity index (χ3v) is 3.87. The monoisotopic (exact) mass is 296 g/mol. The Balaban J connectivity index is 3.10. The van der Waals surface area contributed by atoms with E-state index in [0.29, 0.717) is 16.4 Å². The summed E-state index contributed by atoms with van der Waals surface area (Å²) < 4.78 is 10.4. The molecule has 1 rings (SSSR count). The van der Waals surface area contributed by atoms with E-state index >= 15 is 0 Å². The van der Waals surface area contributed by atoms with Crippen molar-refractivity contribution in [2.24, 2.45) is 0 Å². The lowest BCUT2D eigenvalue weighted by Crippen LogP contribution is -1.99. The predicted octanol–water partition coefficient (Wildman–Crippen LogP) is 3.53. The fourth-order valence-electron chi connectivity index (χ4n) is 1.40. The number of benzene rings is 1. The Morgan fingerprint density at radius 3 is 2.05 bits per heavy atom. The smallest absolute Gasteiger partial charge is 0.124 e. The molecule has 0 heterocycles. The minimum absolute atomic E-state index is 0.647. The molecule has 6 heteroatoms. The molecule has 0 radical (unpaired) electrons. The van der Waals surface area contributed by atoms with Crippen molar-refractivity contribution in [3.05, 3.63) is 28.1 Å². The first-order valence-electron chi connectivity index (χ1n) is 5.41. The van der Waals surface area contributed by atoms with Crippen molar-refractivity contribution < 1.29 is 9.47 Å². The molecule has 0 saturated heterocycles. The van der Waals surface area contributed by atoms with E-state index in [4.69, 9.17) is 14.7 Å². The van der Waals surface area contributed by atoms with Crippen molar-refractivity contribution in [1.82, 2.24) is 0 Å². The number of hydrogen-bond donors (Lipinski definition) is 1. The zero-order chi connectivity index (χ0) is 14.3. The molecule has 1 aromatic rings. The van der Waals surface area contributed by atoms with Crippen molar-refractivity contribution in [2.45, 2.75) is 0 Å². The highest BCUT2D eigenvalue weighted by Crippen LogP contribution is 2.30. The van der Waals surface area contributed by atoms with Crippen molar-refractivity contribution in [2.75, 3.05) is 32.0 Å². The molecule has 0 fully saturated rings. The second kappa shape index (κ2) is 7.87. The van der Waals surface area contributed by atoms with Crippen LogP contribution in [0.2, 0.25) is 0 Å². The fraction of sp³-hybridized carbons (Fsp3) is 0.308. The lowest BCUT2D eigenvalue weighted by molar-refractivity contribution is 0.395. The van der Waals surface area contributed by atoms with Gasteiger partial charge in [-0.3, -0.25) is 0 Å². The quantitative estimate of drug-likeness (QED) is 0.810. The number of methoxy groups -OCH3 is 2. The summed E-state index contributed by atoms with van der Waals surface area (Å²) in [6, 6.07) is 7.69. The van der Waals surface area contributed by atoms with E-state index in [-0.39, 0.29) is 0 Å². The molecule has 0 aliphatic carbocycles. The summed E-state index contributed by atoms with van der Waals surface area (Å²) in [7, 11) is 3.21. The number of rotatable bonds is 6. The van der Waals surface area contributed by atoms with E-state index in [1.54, 1.807) is 20.3 Å². The molecule has 0 aliphatic rings. The van der Waals surface area contributed by atoms with Crippen molar-refractivity contribution >= 4 is 29.2 Å². The molecule has 0 saturated carbocycles. The minimum Gasteiger partial charge on any atom is -0.497 e. The molecule has 0 spiro atoms. The molecule has 102 valence electrons.